The lowest BCUT2D eigenvalue weighted by Crippen LogP contribution is -2.10. The second-order valence-electron chi connectivity index (χ2n) is 4.33. The zero-order chi connectivity index (χ0) is 14.4. The van der Waals surface area contributed by atoms with Gasteiger partial charge in [-0.2, -0.15) is 0 Å². The summed E-state index contributed by atoms with van der Waals surface area (Å²) in [5.41, 5.74) is 1.75. The molecule has 1 aromatic carbocycles. The van der Waals surface area contributed by atoms with Gasteiger partial charge in [0, 0.05) is 12.8 Å². The van der Waals surface area contributed by atoms with Gasteiger partial charge in [-0.15, -0.1) is 0 Å². The number of carbonyl (C=O) groups is 1. The molecule has 20 heavy (non-hydrogen) atoms. The summed E-state index contributed by atoms with van der Waals surface area (Å²) in [6.07, 6.45) is 0. The molecule has 0 radical (unpaired) electrons. The predicted octanol–water partition coefficient (Wildman–Crippen LogP) is 2.65. The van der Waals surface area contributed by atoms with Crippen molar-refractivity contribution in [3.8, 4) is 5.75 Å². The van der Waals surface area contributed by atoms with Crippen molar-refractivity contribution < 1.29 is 14.3 Å². The van der Waals surface area contributed by atoms with Crippen LogP contribution in [0.15, 0.2) is 42.5 Å². The number of methoxy groups -OCH3 is 1. The maximum Gasteiger partial charge on any atom is 0.215 e. The van der Waals surface area contributed by atoms with E-state index in [1.807, 2.05) is 31.2 Å². The number of benzene rings is 1. The molecule has 0 aliphatic heterocycles. The highest BCUT2D eigenvalue weighted by molar-refractivity contribution is 6.09. The maximum absolute atomic E-state index is 12.5. The standard InChI is InChI=1S/C16H17NO3/c1-12-6-5-8-14(17-12)16(18)13-7-3-4-9-15(13)20-11-10-19-2/h3-9H,10-11H2,1-2H3. The van der Waals surface area contributed by atoms with Gasteiger partial charge < -0.3 is 9.47 Å². The maximum atomic E-state index is 12.5. The van der Waals surface area contributed by atoms with Gasteiger partial charge in [0.05, 0.1) is 12.2 Å². The molecule has 0 amide bonds. The minimum absolute atomic E-state index is 0.137. The highest BCUT2D eigenvalue weighted by Crippen LogP contribution is 2.21. The van der Waals surface area contributed by atoms with E-state index in [-0.39, 0.29) is 5.78 Å². The number of aryl methyl sites for hydroxylation is 1. The Balaban J connectivity index is 2.25. The zero-order valence-corrected chi connectivity index (χ0v) is 11.6. The molecule has 0 bridgehead atoms. The number of carbonyl (C=O) groups excluding carboxylic acids is 1. The Morgan fingerprint density at radius 1 is 1.10 bits per heavy atom. The normalized spacial score (nSPS) is 10.3. The Kier molecular flexibility index (Phi) is 4.85. The summed E-state index contributed by atoms with van der Waals surface area (Å²) >= 11 is 0. The number of para-hydroxylation sites is 1. The molecule has 0 spiro atoms. The number of hydrogen-bond donors (Lipinski definition) is 0. The first-order valence-corrected chi connectivity index (χ1v) is 6.41. The second kappa shape index (κ2) is 6.82. The van der Waals surface area contributed by atoms with Crippen molar-refractivity contribution in [1.29, 1.82) is 0 Å². The molecule has 4 heteroatoms. The molecule has 0 aliphatic rings. The van der Waals surface area contributed by atoms with Crippen LogP contribution in [-0.4, -0.2) is 31.1 Å². The monoisotopic (exact) mass is 271 g/mol. The third kappa shape index (κ3) is 3.42. The minimum atomic E-state index is -0.137. The molecule has 0 saturated carbocycles. The van der Waals surface area contributed by atoms with Gasteiger partial charge >= 0.3 is 0 Å². The third-order valence-corrected chi connectivity index (χ3v) is 2.80. The Hall–Kier alpha value is -2.20. The molecule has 0 unspecified atom stereocenters. The van der Waals surface area contributed by atoms with Crippen LogP contribution in [0.2, 0.25) is 0 Å². The molecule has 2 aromatic rings. The van der Waals surface area contributed by atoms with E-state index in [4.69, 9.17) is 9.47 Å². The summed E-state index contributed by atoms with van der Waals surface area (Å²) in [6.45, 7) is 2.74. The Labute approximate surface area is 118 Å². The van der Waals surface area contributed by atoms with Gasteiger partial charge in [-0.05, 0) is 31.2 Å². The van der Waals surface area contributed by atoms with E-state index in [0.717, 1.165) is 5.69 Å². The largest absolute Gasteiger partial charge is 0.490 e. The highest BCUT2D eigenvalue weighted by Gasteiger charge is 2.15. The van der Waals surface area contributed by atoms with Crippen molar-refractivity contribution in [2.75, 3.05) is 20.3 Å². The fourth-order valence-corrected chi connectivity index (χ4v) is 1.82. The van der Waals surface area contributed by atoms with Crippen LogP contribution in [0.3, 0.4) is 0 Å². The van der Waals surface area contributed by atoms with Gasteiger partial charge in [-0.25, -0.2) is 4.98 Å². The SMILES string of the molecule is COCCOc1ccccc1C(=O)c1cccc(C)n1. The first kappa shape index (κ1) is 14.2. The molecule has 0 fully saturated rings. The van der Waals surface area contributed by atoms with Crippen LogP contribution < -0.4 is 4.74 Å². The van der Waals surface area contributed by atoms with Crippen molar-refractivity contribution in [2.24, 2.45) is 0 Å². The number of pyridine rings is 1. The number of ether oxygens (including phenoxy) is 2. The van der Waals surface area contributed by atoms with E-state index < -0.39 is 0 Å². The predicted molar refractivity (Wildman–Crippen MR) is 76.2 cm³/mol. The van der Waals surface area contributed by atoms with Gasteiger partial charge in [0.25, 0.3) is 0 Å². The summed E-state index contributed by atoms with van der Waals surface area (Å²) in [5, 5.41) is 0. The molecule has 4 nitrogen and oxygen atoms in total. The van der Waals surface area contributed by atoms with Gasteiger partial charge in [-0.1, -0.05) is 18.2 Å². The zero-order valence-electron chi connectivity index (χ0n) is 11.6. The van der Waals surface area contributed by atoms with E-state index in [1.165, 1.54) is 0 Å². The van der Waals surface area contributed by atoms with Crippen LogP contribution >= 0.6 is 0 Å². The first-order valence-electron chi connectivity index (χ1n) is 6.41. The molecule has 1 aromatic heterocycles. The number of ketones is 1. The van der Waals surface area contributed by atoms with Crippen LogP contribution in [0, 0.1) is 6.92 Å². The fraction of sp³-hybridized carbons (Fsp3) is 0.250. The van der Waals surface area contributed by atoms with Crippen LogP contribution in [-0.2, 0) is 4.74 Å². The average molecular weight is 271 g/mol. The van der Waals surface area contributed by atoms with Crippen molar-refractivity contribution in [1.82, 2.24) is 4.98 Å². The summed E-state index contributed by atoms with van der Waals surface area (Å²) in [6, 6.07) is 12.6. The topological polar surface area (TPSA) is 48.4 Å². The number of rotatable bonds is 6. The van der Waals surface area contributed by atoms with Gasteiger partial charge in [0.15, 0.2) is 0 Å². The molecule has 2 rings (SSSR count). The molecule has 1 heterocycles. The van der Waals surface area contributed by atoms with Gasteiger partial charge in [0.1, 0.15) is 18.1 Å². The third-order valence-electron chi connectivity index (χ3n) is 2.80. The van der Waals surface area contributed by atoms with Crippen LogP contribution in [0.1, 0.15) is 21.7 Å². The molecule has 0 aliphatic carbocycles. The van der Waals surface area contributed by atoms with E-state index >= 15 is 0 Å². The molecule has 0 atom stereocenters. The molecule has 0 saturated heterocycles. The number of nitrogens with zero attached hydrogens (tertiary/aromatic N) is 1. The molecular weight excluding hydrogens is 254 g/mol. The molecule has 104 valence electrons. The Bertz CT molecular complexity index is 596. The number of hydrogen-bond acceptors (Lipinski definition) is 4. The molecular formula is C16H17NO3. The summed E-state index contributed by atoms with van der Waals surface area (Å²) in [7, 11) is 1.61. The average Bonchev–Trinajstić information content (AvgIpc) is 2.47. The fourth-order valence-electron chi connectivity index (χ4n) is 1.82. The van der Waals surface area contributed by atoms with Crippen molar-refractivity contribution in [3.05, 3.63) is 59.4 Å². The second-order valence-corrected chi connectivity index (χ2v) is 4.33. The quantitative estimate of drug-likeness (QED) is 0.598. The highest BCUT2D eigenvalue weighted by atomic mass is 16.5. The van der Waals surface area contributed by atoms with E-state index in [1.54, 1.807) is 25.3 Å². The lowest BCUT2D eigenvalue weighted by Gasteiger charge is -2.10. The summed E-state index contributed by atoms with van der Waals surface area (Å²) in [4.78, 5) is 16.7. The molecule has 0 N–H and O–H groups in total. The van der Waals surface area contributed by atoms with Crippen molar-refractivity contribution >= 4 is 5.78 Å². The van der Waals surface area contributed by atoms with Crippen LogP contribution in [0.5, 0.6) is 5.75 Å². The van der Waals surface area contributed by atoms with Crippen molar-refractivity contribution in [2.45, 2.75) is 6.92 Å². The minimum Gasteiger partial charge on any atom is -0.490 e. The van der Waals surface area contributed by atoms with Crippen LogP contribution in [0.25, 0.3) is 0 Å². The van der Waals surface area contributed by atoms with Gasteiger partial charge in [-0.3, -0.25) is 4.79 Å². The Morgan fingerprint density at radius 3 is 2.65 bits per heavy atom. The Morgan fingerprint density at radius 2 is 1.90 bits per heavy atom. The first-order chi connectivity index (χ1) is 9.72. The lowest BCUT2D eigenvalue weighted by molar-refractivity contribution is 0.102. The van der Waals surface area contributed by atoms with Crippen molar-refractivity contribution in [3.63, 3.8) is 0 Å². The summed E-state index contributed by atoms with van der Waals surface area (Å²) in [5.74, 6) is 0.416. The number of aromatic nitrogens is 1. The van der Waals surface area contributed by atoms with E-state index in [0.29, 0.717) is 30.2 Å². The smallest absolute Gasteiger partial charge is 0.215 e. The van der Waals surface area contributed by atoms with Gasteiger partial charge in [0.2, 0.25) is 5.78 Å². The van der Waals surface area contributed by atoms with Crippen LogP contribution in [0.4, 0.5) is 0 Å². The van der Waals surface area contributed by atoms with E-state index in [2.05, 4.69) is 4.98 Å². The van der Waals surface area contributed by atoms with E-state index in [9.17, 15) is 4.79 Å². The lowest BCUT2D eigenvalue weighted by atomic mass is 10.1. The summed E-state index contributed by atoms with van der Waals surface area (Å²) < 4.78 is 10.5.